The Morgan fingerprint density at radius 2 is 2.00 bits per heavy atom. The van der Waals surface area contributed by atoms with Gasteiger partial charge in [-0.3, -0.25) is 4.72 Å². The van der Waals surface area contributed by atoms with Crippen molar-refractivity contribution in [1.29, 1.82) is 0 Å². The normalized spacial score (nSPS) is 15.3. The first-order valence-electron chi connectivity index (χ1n) is 6.39. The second kappa shape index (κ2) is 4.82. The summed E-state index contributed by atoms with van der Waals surface area (Å²) in [6.07, 6.45) is 2.24. The number of aryl methyl sites for hydroxylation is 2. The van der Waals surface area contributed by atoms with E-state index in [1.54, 1.807) is 25.1 Å². The zero-order chi connectivity index (χ0) is 14.3. The molecular formula is C13H15N3O2S2. The average molecular weight is 309 g/mol. The molecule has 0 aromatic carbocycles. The van der Waals surface area contributed by atoms with Crippen LogP contribution in [0.25, 0.3) is 0 Å². The minimum absolute atomic E-state index is 0.305. The molecule has 2 aromatic heterocycles. The molecule has 0 radical (unpaired) electrons. The van der Waals surface area contributed by atoms with E-state index in [9.17, 15) is 8.42 Å². The van der Waals surface area contributed by atoms with Gasteiger partial charge in [0.1, 0.15) is 15.9 Å². The molecule has 0 amide bonds. The molecule has 1 saturated carbocycles. The summed E-state index contributed by atoms with van der Waals surface area (Å²) in [7, 11) is -3.55. The van der Waals surface area contributed by atoms with Crippen LogP contribution in [-0.2, 0) is 10.0 Å². The van der Waals surface area contributed by atoms with Gasteiger partial charge in [0, 0.05) is 22.6 Å². The van der Waals surface area contributed by atoms with E-state index in [0.717, 1.165) is 23.4 Å². The Labute approximate surface area is 122 Å². The van der Waals surface area contributed by atoms with E-state index in [0.29, 0.717) is 21.8 Å². The third-order valence-corrected chi connectivity index (χ3v) is 5.92. The van der Waals surface area contributed by atoms with Crippen LogP contribution in [-0.4, -0.2) is 18.4 Å². The van der Waals surface area contributed by atoms with Gasteiger partial charge in [0.15, 0.2) is 0 Å². The fraction of sp³-hybridized carbons (Fsp3) is 0.385. The molecule has 0 atom stereocenters. The van der Waals surface area contributed by atoms with Crippen molar-refractivity contribution in [3.05, 3.63) is 34.6 Å². The molecule has 0 saturated heterocycles. The standard InChI is InChI=1S/C13H15N3O2S2/c1-8-3-6-13(19-8)20(17,18)16-12-7-11(10-4-5-10)14-9(2)15-12/h3,6-7,10H,4-5H2,1-2H3,(H,14,15,16). The number of nitrogens with zero attached hydrogens (tertiary/aromatic N) is 2. The van der Waals surface area contributed by atoms with Crippen molar-refractivity contribution in [3.8, 4) is 0 Å². The highest BCUT2D eigenvalue weighted by Crippen LogP contribution is 2.39. The Morgan fingerprint density at radius 1 is 1.25 bits per heavy atom. The second-order valence-corrected chi connectivity index (χ2v) is 8.17. The van der Waals surface area contributed by atoms with E-state index < -0.39 is 10.0 Å². The van der Waals surface area contributed by atoms with Gasteiger partial charge in [-0.25, -0.2) is 18.4 Å². The minimum atomic E-state index is -3.55. The Morgan fingerprint density at radius 3 is 2.60 bits per heavy atom. The van der Waals surface area contributed by atoms with Crippen molar-refractivity contribution in [2.24, 2.45) is 0 Å². The third kappa shape index (κ3) is 2.83. The predicted molar refractivity (Wildman–Crippen MR) is 78.6 cm³/mol. The fourth-order valence-electron chi connectivity index (χ4n) is 1.98. The quantitative estimate of drug-likeness (QED) is 0.942. The summed E-state index contributed by atoms with van der Waals surface area (Å²) in [5.41, 5.74) is 0.928. The van der Waals surface area contributed by atoms with Crippen molar-refractivity contribution in [2.75, 3.05) is 4.72 Å². The highest BCUT2D eigenvalue weighted by Gasteiger charge is 2.26. The Bertz CT molecular complexity index is 749. The maximum absolute atomic E-state index is 12.3. The third-order valence-electron chi connectivity index (χ3n) is 3.07. The number of aromatic nitrogens is 2. The first kappa shape index (κ1) is 13.5. The fourth-order valence-corrected chi connectivity index (χ4v) is 4.25. The van der Waals surface area contributed by atoms with Crippen LogP contribution in [0.15, 0.2) is 22.4 Å². The van der Waals surface area contributed by atoms with E-state index in [1.165, 1.54) is 11.3 Å². The van der Waals surface area contributed by atoms with Gasteiger partial charge < -0.3 is 0 Å². The summed E-state index contributed by atoms with van der Waals surface area (Å²) in [4.78, 5) is 9.49. The zero-order valence-electron chi connectivity index (χ0n) is 11.3. The molecule has 5 nitrogen and oxygen atoms in total. The van der Waals surface area contributed by atoms with E-state index in [2.05, 4.69) is 14.7 Å². The Kier molecular flexibility index (Phi) is 3.25. The number of rotatable bonds is 4. The molecule has 0 spiro atoms. The Balaban J connectivity index is 1.90. The molecule has 1 aliphatic rings. The van der Waals surface area contributed by atoms with E-state index in [-0.39, 0.29) is 0 Å². The highest BCUT2D eigenvalue weighted by molar-refractivity contribution is 7.94. The summed E-state index contributed by atoms with van der Waals surface area (Å²) in [5.74, 6) is 1.41. The van der Waals surface area contributed by atoms with Crippen LogP contribution >= 0.6 is 11.3 Å². The topological polar surface area (TPSA) is 72.0 Å². The van der Waals surface area contributed by atoms with Crippen molar-refractivity contribution in [1.82, 2.24) is 9.97 Å². The summed E-state index contributed by atoms with van der Waals surface area (Å²) >= 11 is 1.25. The lowest BCUT2D eigenvalue weighted by Gasteiger charge is -2.08. The van der Waals surface area contributed by atoms with E-state index in [1.807, 2.05) is 6.92 Å². The van der Waals surface area contributed by atoms with Gasteiger partial charge in [-0.2, -0.15) is 0 Å². The molecule has 1 fully saturated rings. The van der Waals surface area contributed by atoms with Crippen LogP contribution in [0.5, 0.6) is 0 Å². The van der Waals surface area contributed by atoms with Crippen LogP contribution in [0.2, 0.25) is 0 Å². The maximum atomic E-state index is 12.3. The number of hydrogen-bond acceptors (Lipinski definition) is 5. The first-order valence-corrected chi connectivity index (χ1v) is 8.69. The van der Waals surface area contributed by atoms with E-state index >= 15 is 0 Å². The van der Waals surface area contributed by atoms with Gasteiger partial charge in [-0.15, -0.1) is 11.3 Å². The van der Waals surface area contributed by atoms with Gasteiger partial charge in [-0.1, -0.05) is 0 Å². The molecule has 0 bridgehead atoms. The molecule has 1 N–H and O–H groups in total. The largest absolute Gasteiger partial charge is 0.272 e. The summed E-state index contributed by atoms with van der Waals surface area (Å²) in [6, 6.07) is 5.14. The predicted octanol–water partition coefficient (Wildman–Crippen LogP) is 2.83. The zero-order valence-corrected chi connectivity index (χ0v) is 12.9. The van der Waals surface area contributed by atoms with Crippen molar-refractivity contribution in [3.63, 3.8) is 0 Å². The summed E-state index contributed by atoms with van der Waals surface area (Å²) in [6.45, 7) is 3.66. The van der Waals surface area contributed by atoms with Gasteiger partial charge in [0.2, 0.25) is 0 Å². The number of nitrogens with one attached hydrogen (secondary N) is 1. The monoisotopic (exact) mass is 309 g/mol. The number of thiophene rings is 1. The molecule has 2 heterocycles. The lowest BCUT2D eigenvalue weighted by Crippen LogP contribution is -2.13. The van der Waals surface area contributed by atoms with Crippen LogP contribution in [0.3, 0.4) is 0 Å². The Hall–Kier alpha value is -1.47. The molecule has 106 valence electrons. The molecule has 2 aromatic rings. The van der Waals surface area contributed by atoms with Crippen LogP contribution in [0.4, 0.5) is 5.82 Å². The highest BCUT2D eigenvalue weighted by atomic mass is 32.2. The number of anilines is 1. The molecule has 0 unspecified atom stereocenters. The second-order valence-electron chi connectivity index (χ2n) is 4.97. The van der Waals surface area contributed by atoms with E-state index in [4.69, 9.17) is 0 Å². The van der Waals surface area contributed by atoms with Crippen molar-refractivity contribution >= 4 is 27.2 Å². The van der Waals surface area contributed by atoms with Gasteiger partial charge >= 0.3 is 0 Å². The van der Waals surface area contributed by atoms with Crippen molar-refractivity contribution < 1.29 is 8.42 Å². The summed E-state index contributed by atoms with van der Waals surface area (Å²) in [5, 5.41) is 0. The maximum Gasteiger partial charge on any atom is 0.272 e. The van der Waals surface area contributed by atoms with Gasteiger partial charge in [-0.05, 0) is 38.8 Å². The van der Waals surface area contributed by atoms with Gasteiger partial charge in [0.05, 0.1) is 0 Å². The van der Waals surface area contributed by atoms with Crippen LogP contribution < -0.4 is 4.72 Å². The molecule has 1 aliphatic carbocycles. The smallest absolute Gasteiger partial charge is 0.263 e. The minimum Gasteiger partial charge on any atom is -0.263 e. The molecule has 20 heavy (non-hydrogen) atoms. The lowest BCUT2D eigenvalue weighted by molar-refractivity contribution is 0.603. The first-order chi connectivity index (χ1) is 9.44. The average Bonchev–Trinajstić information content (AvgIpc) is 3.10. The molecule has 0 aliphatic heterocycles. The molecule has 3 rings (SSSR count). The molecule has 7 heteroatoms. The molecular weight excluding hydrogens is 294 g/mol. The SMILES string of the molecule is Cc1nc(NS(=O)(=O)c2ccc(C)s2)cc(C2CC2)n1. The van der Waals surface area contributed by atoms with Gasteiger partial charge in [0.25, 0.3) is 10.0 Å². The number of sulfonamides is 1. The lowest BCUT2D eigenvalue weighted by atomic mass is 10.3. The van der Waals surface area contributed by atoms with Crippen LogP contribution in [0.1, 0.15) is 35.2 Å². The summed E-state index contributed by atoms with van der Waals surface area (Å²) < 4.78 is 27.4. The number of hydrogen-bond donors (Lipinski definition) is 1. The van der Waals surface area contributed by atoms with Crippen molar-refractivity contribution in [2.45, 2.75) is 36.8 Å². The van der Waals surface area contributed by atoms with Crippen LogP contribution in [0, 0.1) is 13.8 Å².